The predicted octanol–water partition coefficient (Wildman–Crippen LogP) is 4.64. The SMILES string of the molecule is O=C(NCC1CCC(n2cc3cc(-c4cccnc4)ncc3n2)CC1)c1cc(F)c(O)c(F)c1. The second-order valence-electron chi connectivity index (χ2n) is 8.65. The minimum atomic E-state index is -1.15. The van der Waals surface area contributed by atoms with Crippen LogP contribution in [-0.2, 0) is 0 Å². The fourth-order valence-electron chi connectivity index (χ4n) is 4.45. The van der Waals surface area contributed by atoms with Gasteiger partial charge in [0.2, 0.25) is 0 Å². The van der Waals surface area contributed by atoms with E-state index in [1.54, 1.807) is 18.6 Å². The van der Waals surface area contributed by atoms with Crippen LogP contribution in [0, 0.1) is 17.6 Å². The lowest BCUT2D eigenvalue weighted by molar-refractivity contribution is 0.0940. The molecule has 4 aromatic rings. The van der Waals surface area contributed by atoms with Gasteiger partial charge in [0, 0.05) is 41.6 Å². The molecule has 174 valence electrons. The molecular weight excluding hydrogens is 440 g/mol. The fraction of sp³-hybridized carbons (Fsp3) is 0.280. The number of carbonyl (C=O) groups excluding carboxylic acids is 1. The minimum Gasteiger partial charge on any atom is -0.503 e. The second kappa shape index (κ2) is 9.17. The molecule has 34 heavy (non-hydrogen) atoms. The van der Waals surface area contributed by atoms with Crippen molar-refractivity contribution in [2.45, 2.75) is 31.7 Å². The van der Waals surface area contributed by atoms with Gasteiger partial charge in [-0.2, -0.15) is 5.10 Å². The smallest absolute Gasteiger partial charge is 0.251 e. The molecule has 2 N–H and O–H groups in total. The van der Waals surface area contributed by atoms with Crippen LogP contribution < -0.4 is 5.32 Å². The van der Waals surface area contributed by atoms with Crippen LogP contribution in [0.1, 0.15) is 42.1 Å². The Morgan fingerprint density at radius 2 is 1.88 bits per heavy atom. The van der Waals surface area contributed by atoms with Gasteiger partial charge in [0.05, 0.1) is 17.9 Å². The first kappa shape index (κ1) is 21.9. The number of hydrogen-bond acceptors (Lipinski definition) is 5. The average molecular weight is 463 g/mol. The standard InChI is InChI=1S/C25H23F2N5O2/c26-20-8-17(9-21(27)24(20)33)25(34)30-11-15-3-5-19(6-4-15)32-14-18-10-22(29-13-23(18)31-32)16-2-1-7-28-12-16/h1-2,7-10,12-15,19,33H,3-6,11H2,(H,30,34). The molecule has 9 heteroatoms. The molecule has 3 aromatic heterocycles. The van der Waals surface area contributed by atoms with E-state index in [0.717, 1.165) is 60.0 Å². The first-order valence-corrected chi connectivity index (χ1v) is 11.2. The van der Waals surface area contributed by atoms with E-state index in [2.05, 4.69) is 21.5 Å². The second-order valence-corrected chi connectivity index (χ2v) is 8.65. The van der Waals surface area contributed by atoms with Crippen molar-refractivity contribution >= 4 is 16.8 Å². The number of halogens is 2. The average Bonchev–Trinajstić information content (AvgIpc) is 3.30. The van der Waals surface area contributed by atoms with Crippen LogP contribution in [-0.4, -0.2) is 37.3 Å². The van der Waals surface area contributed by atoms with Crippen molar-refractivity contribution in [1.29, 1.82) is 0 Å². The molecule has 7 nitrogen and oxygen atoms in total. The molecule has 0 atom stereocenters. The van der Waals surface area contributed by atoms with Gasteiger partial charge >= 0.3 is 0 Å². The van der Waals surface area contributed by atoms with Gasteiger partial charge in [-0.3, -0.25) is 19.4 Å². The number of amides is 1. The summed E-state index contributed by atoms with van der Waals surface area (Å²) < 4.78 is 29.0. The number of rotatable bonds is 5. The van der Waals surface area contributed by atoms with Gasteiger partial charge in [-0.15, -0.1) is 0 Å². The number of aromatic nitrogens is 4. The van der Waals surface area contributed by atoms with Crippen LogP contribution in [0.15, 0.2) is 55.1 Å². The lowest BCUT2D eigenvalue weighted by Gasteiger charge is -2.28. The molecule has 3 heterocycles. The highest BCUT2D eigenvalue weighted by atomic mass is 19.1. The van der Waals surface area contributed by atoms with Crippen molar-refractivity contribution in [3.05, 3.63) is 72.3 Å². The van der Waals surface area contributed by atoms with E-state index in [-0.39, 0.29) is 17.5 Å². The Balaban J connectivity index is 1.18. The third-order valence-electron chi connectivity index (χ3n) is 6.39. The van der Waals surface area contributed by atoms with Gasteiger partial charge in [-0.25, -0.2) is 8.78 Å². The Labute approximate surface area is 194 Å². The molecule has 5 rings (SSSR count). The zero-order valence-electron chi connectivity index (χ0n) is 18.3. The predicted molar refractivity (Wildman–Crippen MR) is 122 cm³/mol. The molecule has 1 amide bonds. The molecule has 1 saturated carbocycles. The maximum absolute atomic E-state index is 13.5. The summed E-state index contributed by atoms with van der Waals surface area (Å²) in [4.78, 5) is 20.9. The molecule has 1 aliphatic carbocycles. The van der Waals surface area contributed by atoms with Crippen LogP contribution in [0.25, 0.3) is 22.2 Å². The molecule has 0 aliphatic heterocycles. The fourth-order valence-corrected chi connectivity index (χ4v) is 4.45. The van der Waals surface area contributed by atoms with Crippen molar-refractivity contribution in [2.24, 2.45) is 5.92 Å². The van der Waals surface area contributed by atoms with E-state index < -0.39 is 23.3 Å². The van der Waals surface area contributed by atoms with Crippen molar-refractivity contribution in [1.82, 2.24) is 25.1 Å². The summed E-state index contributed by atoms with van der Waals surface area (Å²) in [5, 5.41) is 17.7. The number of pyridine rings is 2. The van der Waals surface area contributed by atoms with E-state index in [4.69, 9.17) is 5.10 Å². The number of benzene rings is 1. The Bertz CT molecular complexity index is 1310. The van der Waals surface area contributed by atoms with Crippen LogP contribution in [0.3, 0.4) is 0 Å². The Morgan fingerprint density at radius 3 is 2.59 bits per heavy atom. The van der Waals surface area contributed by atoms with E-state index in [9.17, 15) is 18.7 Å². The van der Waals surface area contributed by atoms with Crippen molar-refractivity contribution in [3.63, 3.8) is 0 Å². The highest BCUT2D eigenvalue weighted by Gasteiger charge is 2.24. The summed E-state index contributed by atoms with van der Waals surface area (Å²) in [6, 6.07) is 7.81. The quantitative estimate of drug-likeness (QED) is 0.450. The largest absolute Gasteiger partial charge is 0.503 e. The summed E-state index contributed by atoms with van der Waals surface area (Å²) in [6.45, 7) is 0.426. The highest BCUT2D eigenvalue weighted by Crippen LogP contribution is 2.33. The topological polar surface area (TPSA) is 92.9 Å². The summed E-state index contributed by atoms with van der Waals surface area (Å²) in [5.74, 6) is -3.67. The van der Waals surface area contributed by atoms with Crippen molar-refractivity contribution < 1.29 is 18.7 Å². The van der Waals surface area contributed by atoms with Crippen LogP contribution in [0.5, 0.6) is 5.75 Å². The summed E-state index contributed by atoms with van der Waals surface area (Å²) >= 11 is 0. The molecule has 0 spiro atoms. The van der Waals surface area contributed by atoms with Crippen LogP contribution in [0.2, 0.25) is 0 Å². The van der Waals surface area contributed by atoms with Gasteiger partial charge in [0.15, 0.2) is 17.4 Å². The molecule has 1 aromatic carbocycles. The molecule has 1 aliphatic rings. The Morgan fingerprint density at radius 1 is 1.12 bits per heavy atom. The first-order valence-electron chi connectivity index (χ1n) is 11.2. The van der Waals surface area contributed by atoms with Crippen molar-refractivity contribution in [3.8, 4) is 17.0 Å². The normalized spacial score (nSPS) is 18.2. The van der Waals surface area contributed by atoms with Crippen molar-refractivity contribution in [2.75, 3.05) is 6.54 Å². The number of hydrogen-bond donors (Lipinski definition) is 2. The Kier molecular flexibility index (Phi) is 5.91. The van der Waals surface area contributed by atoms with E-state index in [1.807, 2.05) is 22.9 Å². The maximum Gasteiger partial charge on any atom is 0.251 e. The van der Waals surface area contributed by atoms with Gasteiger partial charge in [-0.05, 0) is 61.9 Å². The number of fused-ring (bicyclic) bond motifs is 1. The number of phenols is 1. The summed E-state index contributed by atoms with van der Waals surface area (Å²) in [6.07, 6.45) is 11.0. The molecule has 1 fully saturated rings. The van der Waals surface area contributed by atoms with Crippen LogP contribution >= 0.6 is 0 Å². The number of nitrogens with zero attached hydrogens (tertiary/aromatic N) is 4. The maximum atomic E-state index is 13.5. The number of carbonyl (C=O) groups is 1. The zero-order valence-corrected chi connectivity index (χ0v) is 18.3. The zero-order chi connectivity index (χ0) is 23.7. The number of aromatic hydroxyl groups is 1. The summed E-state index contributed by atoms with van der Waals surface area (Å²) in [7, 11) is 0. The van der Waals surface area contributed by atoms with E-state index in [1.165, 1.54) is 0 Å². The molecular formula is C25H23F2N5O2. The van der Waals surface area contributed by atoms with E-state index in [0.29, 0.717) is 6.54 Å². The molecule has 0 bridgehead atoms. The van der Waals surface area contributed by atoms with Gasteiger partial charge in [-0.1, -0.05) is 0 Å². The monoisotopic (exact) mass is 463 g/mol. The molecule has 0 unspecified atom stereocenters. The molecule has 0 radical (unpaired) electrons. The van der Waals surface area contributed by atoms with Gasteiger partial charge in [0.1, 0.15) is 5.52 Å². The number of nitrogens with one attached hydrogen (secondary N) is 1. The first-order chi connectivity index (χ1) is 16.5. The summed E-state index contributed by atoms with van der Waals surface area (Å²) in [5.41, 5.74) is 2.50. The third kappa shape index (κ3) is 4.46. The highest BCUT2D eigenvalue weighted by molar-refractivity contribution is 5.94. The Hall–Kier alpha value is -3.88. The van der Waals surface area contributed by atoms with Gasteiger partial charge < -0.3 is 10.4 Å². The number of phenolic OH excluding ortho intramolecular Hbond substituents is 1. The van der Waals surface area contributed by atoms with Crippen LogP contribution in [0.4, 0.5) is 8.78 Å². The molecule has 0 saturated heterocycles. The lowest BCUT2D eigenvalue weighted by Crippen LogP contribution is -2.31. The lowest BCUT2D eigenvalue weighted by atomic mass is 9.86. The minimum absolute atomic E-state index is 0.149. The third-order valence-corrected chi connectivity index (χ3v) is 6.39. The van der Waals surface area contributed by atoms with E-state index >= 15 is 0 Å². The van der Waals surface area contributed by atoms with Gasteiger partial charge in [0.25, 0.3) is 5.91 Å².